The number of halogens is 2. The highest BCUT2D eigenvalue weighted by atomic mass is 19.1. The fourth-order valence-corrected chi connectivity index (χ4v) is 4.21. The summed E-state index contributed by atoms with van der Waals surface area (Å²) >= 11 is 0. The van der Waals surface area contributed by atoms with Gasteiger partial charge in [0.25, 0.3) is 0 Å². The molecule has 1 heterocycles. The lowest BCUT2D eigenvalue weighted by atomic mass is 9.85. The topological polar surface area (TPSA) is 61.4 Å². The number of aliphatic hydroxyl groups is 1. The van der Waals surface area contributed by atoms with Crippen molar-refractivity contribution in [2.75, 3.05) is 0 Å². The normalized spacial score (nSPS) is 22.2. The predicted octanol–water partition coefficient (Wildman–Crippen LogP) is 4.10. The Balaban J connectivity index is 2.01. The Kier molecular flexibility index (Phi) is 8.58. The largest absolute Gasteiger partial charge is 0.389 e. The highest BCUT2D eigenvalue weighted by Crippen LogP contribution is 2.25. The zero-order chi connectivity index (χ0) is 21.6. The fourth-order valence-electron chi connectivity index (χ4n) is 4.21. The van der Waals surface area contributed by atoms with Crippen LogP contribution in [0.1, 0.15) is 71.8 Å². The zero-order valence-corrected chi connectivity index (χ0v) is 18.1. The van der Waals surface area contributed by atoms with Gasteiger partial charge >= 0.3 is 0 Å². The number of hydrogen-bond donors (Lipinski definition) is 3. The Hall–Kier alpha value is -1.53. The van der Waals surface area contributed by atoms with Crippen LogP contribution >= 0.6 is 0 Å². The van der Waals surface area contributed by atoms with Crippen LogP contribution in [0, 0.1) is 17.0 Å². The average Bonchev–Trinajstić information content (AvgIpc) is 2.58. The third-order valence-corrected chi connectivity index (χ3v) is 5.59. The second kappa shape index (κ2) is 10.5. The minimum atomic E-state index is -0.837. The van der Waals surface area contributed by atoms with Gasteiger partial charge in [-0.05, 0) is 55.2 Å². The van der Waals surface area contributed by atoms with Gasteiger partial charge in [0, 0.05) is 25.1 Å². The highest BCUT2D eigenvalue weighted by molar-refractivity contribution is 5.73. The molecule has 0 aliphatic carbocycles. The predicted molar refractivity (Wildman–Crippen MR) is 112 cm³/mol. The van der Waals surface area contributed by atoms with Gasteiger partial charge in [-0.15, -0.1) is 0 Å². The molecule has 0 radical (unpaired) electrons. The molecule has 6 heteroatoms. The number of rotatable bonds is 8. The Morgan fingerprint density at radius 3 is 2.48 bits per heavy atom. The third-order valence-electron chi connectivity index (χ3n) is 5.59. The molecule has 3 N–H and O–H groups in total. The molecule has 164 valence electrons. The molecule has 1 saturated heterocycles. The van der Waals surface area contributed by atoms with Gasteiger partial charge in [-0.1, -0.05) is 33.6 Å². The van der Waals surface area contributed by atoms with Crippen molar-refractivity contribution in [3.05, 3.63) is 35.4 Å². The van der Waals surface area contributed by atoms with Crippen molar-refractivity contribution in [2.24, 2.45) is 5.41 Å². The fraction of sp³-hybridized carbons (Fsp3) is 0.696. The summed E-state index contributed by atoms with van der Waals surface area (Å²) in [4.78, 5) is 11.7. The lowest BCUT2D eigenvalue weighted by Gasteiger charge is -2.37. The molecule has 1 amide bonds. The maximum Gasteiger partial charge on any atom is 0.217 e. The Bertz CT molecular complexity index is 655. The first-order chi connectivity index (χ1) is 13.5. The molecule has 1 aromatic rings. The SMILES string of the molecule is CC(=O)NC(Cc1cc(F)cc(F)c1)C(O)C1CCCC(CCCC(C)(C)C)N1. The first kappa shape index (κ1) is 23.7. The van der Waals surface area contributed by atoms with E-state index in [9.17, 15) is 18.7 Å². The molecule has 29 heavy (non-hydrogen) atoms. The molecule has 1 fully saturated rings. The molecule has 4 nitrogen and oxygen atoms in total. The molecule has 0 spiro atoms. The van der Waals surface area contributed by atoms with Gasteiger partial charge in [-0.3, -0.25) is 4.79 Å². The van der Waals surface area contributed by atoms with Crippen LogP contribution in [0.2, 0.25) is 0 Å². The number of carbonyl (C=O) groups excluding carboxylic acids is 1. The molecule has 2 rings (SSSR count). The van der Waals surface area contributed by atoms with Crippen LogP contribution in [0.15, 0.2) is 18.2 Å². The molecule has 0 aromatic heterocycles. The van der Waals surface area contributed by atoms with Crippen molar-refractivity contribution in [1.82, 2.24) is 10.6 Å². The van der Waals surface area contributed by atoms with Gasteiger partial charge < -0.3 is 15.7 Å². The van der Waals surface area contributed by atoms with E-state index in [2.05, 4.69) is 31.4 Å². The van der Waals surface area contributed by atoms with Gasteiger partial charge in [-0.25, -0.2) is 8.78 Å². The van der Waals surface area contributed by atoms with Gasteiger partial charge in [0.15, 0.2) is 0 Å². The minimum Gasteiger partial charge on any atom is -0.389 e. The second-order valence-electron chi connectivity index (χ2n) is 9.63. The van der Waals surface area contributed by atoms with E-state index in [0.29, 0.717) is 17.0 Å². The third kappa shape index (κ3) is 8.39. The Labute approximate surface area is 173 Å². The molecular weight excluding hydrogens is 374 g/mol. The van der Waals surface area contributed by atoms with Crippen molar-refractivity contribution >= 4 is 5.91 Å². The summed E-state index contributed by atoms with van der Waals surface area (Å²) in [5.41, 5.74) is 0.725. The summed E-state index contributed by atoms with van der Waals surface area (Å²) in [6.07, 6.45) is 5.56. The summed E-state index contributed by atoms with van der Waals surface area (Å²) in [7, 11) is 0. The molecule has 1 aliphatic heterocycles. The van der Waals surface area contributed by atoms with E-state index < -0.39 is 23.8 Å². The van der Waals surface area contributed by atoms with Crippen molar-refractivity contribution in [3.8, 4) is 0 Å². The van der Waals surface area contributed by atoms with E-state index in [1.807, 2.05) is 0 Å². The zero-order valence-electron chi connectivity index (χ0n) is 18.1. The number of carbonyl (C=O) groups is 1. The van der Waals surface area contributed by atoms with E-state index in [1.165, 1.54) is 19.1 Å². The van der Waals surface area contributed by atoms with Crippen LogP contribution in [0.25, 0.3) is 0 Å². The summed E-state index contributed by atoms with van der Waals surface area (Å²) < 4.78 is 27.1. The van der Waals surface area contributed by atoms with Crippen LogP contribution in [-0.4, -0.2) is 35.2 Å². The average molecular weight is 411 g/mol. The van der Waals surface area contributed by atoms with E-state index in [4.69, 9.17) is 0 Å². The number of piperidine rings is 1. The first-order valence-electron chi connectivity index (χ1n) is 10.7. The lowest BCUT2D eigenvalue weighted by molar-refractivity contribution is -0.120. The van der Waals surface area contributed by atoms with E-state index in [0.717, 1.165) is 44.6 Å². The monoisotopic (exact) mass is 410 g/mol. The number of aliphatic hydroxyl groups excluding tert-OH is 1. The van der Waals surface area contributed by atoms with Crippen LogP contribution in [0.4, 0.5) is 8.78 Å². The Morgan fingerprint density at radius 2 is 1.90 bits per heavy atom. The van der Waals surface area contributed by atoms with Crippen molar-refractivity contribution in [2.45, 2.75) is 96.9 Å². The van der Waals surface area contributed by atoms with Crippen molar-refractivity contribution < 1.29 is 18.7 Å². The summed E-state index contributed by atoms with van der Waals surface area (Å²) in [6, 6.07) is 2.88. The molecular formula is C23H36F2N2O2. The van der Waals surface area contributed by atoms with Gasteiger partial charge in [0.2, 0.25) is 5.91 Å². The summed E-state index contributed by atoms with van der Waals surface area (Å²) in [6.45, 7) is 8.10. The lowest BCUT2D eigenvalue weighted by Crippen LogP contribution is -2.57. The summed E-state index contributed by atoms with van der Waals surface area (Å²) in [5, 5.41) is 17.3. The summed E-state index contributed by atoms with van der Waals surface area (Å²) in [5.74, 6) is -1.60. The smallest absolute Gasteiger partial charge is 0.217 e. The molecule has 0 saturated carbocycles. The number of benzene rings is 1. The minimum absolute atomic E-state index is 0.154. The van der Waals surface area contributed by atoms with Gasteiger partial charge in [-0.2, -0.15) is 0 Å². The molecule has 1 aliphatic rings. The van der Waals surface area contributed by atoms with Crippen molar-refractivity contribution in [1.29, 1.82) is 0 Å². The van der Waals surface area contributed by atoms with Gasteiger partial charge in [0.1, 0.15) is 11.6 Å². The Morgan fingerprint density at radius 1 is 1.24 bits per heavy atom. The van der Waals surface area contributed by atoms with E-state index in [-0.39, 0.29) is 18.4 Å². The highest BCUT2D eigenvalue weighted by Gasteiger charge is 2.32. The number of hydrogen-bond acceptors (Lipinski definition) is 3. The van der Waals surface area contributed by atoms with Crippen LogP contribution in [0.3, 0.4) is 0 Å². The number of amides is 1. The quantitative estimate of drug-likeness (QED) is 0.605. The van der Waals surface area contributed by atoms with Crippen LogP contribution < -0.4 is 10.6 Å². The van der Waals surface area contributed by atoms with Crippen LogP contribution in [0.5, 0.6) is 0 Å². The molecule has 4 unspecified atom stereocenters. The van der Waals surface area contributed by atoms with Gasteiger partial charge in [0.05, 0.1) is 12.1 Å². The van der Waals surface area contributed by atoms with E-state index >= 15 is 0 Å². The van der Waals surface area contributed by atoms with E-state index in [1.54, 1.807) is 0 Å². The molecule has 0 bridgehead atoms. The van der Waals surface area contributed by atoms with Crippen molar-refractivity contribution in [3.63, 3.8) is 0 Å². The second-order valence-corrected chi connectivity index (χ2v) is 9.63. The maximum absolute atomic E-state index is 13.5. The molecule has 1 aromatic carbocycles. The standard InChI is InChI=1S/C23H36F2N2O2/c1-15(28)26-21(13-16-11-17(24)14-18(25)12-16)22(29)20-9-5-7-19(27-20)8-6-10-23(2,3)4/h11-12,14,19-22,27,29H,5-10,13H2,1-4H3,(H,26,28). The number of nitrogens with one attached hydrogen (secondary N) is 2. The van der Waals surface area contributed by atoms with Crippen LogP contribution in [-0.2, 0) is 11.2 Å². The first-order valence-corrected chi connectivity index (χ1v) is 10.7. The molecule has 4 atom stereocenters. The maximum atomic E-state index is 13.5.